The van der Waals surface area contributed by atoms with Gasteiger partial charge in [-0.05, 0) is 23.3 Å². The van der Waals surface area contributed by atoms with Gasteiger partial charge in [0.25, 0.3) is 0 Å². The molecule has 9 heteroatoms. The second kappa shape index (κ2) is 8.35. The monoisotopic (exact) mass is 390 g/mol. The zero-order chi connectivity index (χ0) is 20.0. The molecular weight excluding hydrogens is 372 g/mol. The third kappa shape index (κ3) is 4.36. The van der Waals surface area contributed by atoms with Gasteiger partial charge in [0, 0.05) is 14.2 Å². The number of benzene rings is 1. The lowest BCUT2D eigenvalue weighted by atomic mass is 9.91. The summed E-state index contributed by atoms with van der Waals surface area (Å²) >= 11 is 0. The van der Waals surface area contributed by atoms with Gasteiger partial charge in [-0.25, -0.2) is 18.0 Å². The predicted octanol–water partition coefficient (Wildman–Crippen LogP) is 1.45. The van der Waals surface area contributed by atoms with Gasteiger partial charge in [-0.1, -0.05) is 36.4 Å². The van der Waals surface area contributed by atoms with Crippen LogP contribution in [0.4, 0.5) is 0 Å². The Kier molecular flexibility index (Phi) is 6.38. The molecule has 0 saturated heterocycles. The molecule has 0 amide bonds. The average molecular weight is 390 g/mol. The van der Waals surface area contributed by atoms with Crippen LogP contribution >= 0.6 is 0 Å². The van der Waals surface area contributed by atoms with E-state index in [1.807, 2.05) is 0 Å². The standard InChI is InChI=1S/C18H18N2O6S/c1-25-18(26-2)10-16(8-9-17(18,19-13-21)20-14-22)12-27(23,24)11-15-6-4-3-5-7-15/h3-10H,11-12H2,1-2H3. The molecule has 0 fully saturated rings. The Balaban J connectivity index is 2.39. The van der Waals surface area contributed by atoms with Gasteiger partial charge in [0.15, 0.2) is 9.84 Å². The minimum atomic E-state index is -3.51. The number of sulfone groups is 1. The fourth-order valence-electron chi connectivity index (χ4n) is 2.86. The van der Waals surface area contributed by atoms with Gasteiger partial charge >= 0.3 is 0 Å². The highest BCUT2D eigenvalue weighted by Gasteiger charge is 2.53. The Bertz CT molecular complexity index is 917. The summed E-state index contributed by atoms with van der Waals surface area (Å²) in [5.74, 6) is -2.25. The van der Waals surface area contributed by atoms with Crippen molar-refractivity contribution < 1.29 is 27.5 Å². The highest BCUT2D eigenvalue weighted by Crippen LogP contribution is 2.39. The van der Waals surface area contributed by atoms with Gasteiger partial charge in [0.2, 0.25) is 23.6 Å². The molecule has 142 valence electrons. The Morgan fingerprint density at radius 2 is 1.59 bits per heavy atom. The molecule has 1 aliphatic rings. The molecule has 0 radical (unpaired) electrons. The normalized spacial score (nSPS) is 20.9. The zero-order valence-electron chi connectivity index (χ0n) is 14.8. The van der Waals surface area contributed by atoms with E-state index in [0.717, 1.165) is 0 Å². The maximum Gasteiger partial charge on any atom is 0.250 e. The number of hydrogen-bond donors (Lipinski definition) is 0. The SMILES string of the molecule is COC1(OC)C=C(CS(=O)(=O)Cc2ccccc2)C=CC1(N=C=O)N=C=O. The molecule has 0 unspecified atom stereocenters. The number of methoxy groups -OCH3 is 2. The second-order valence-corrected chi connectivity index (χ2v) is 7.84. The lowest BCUT2D eigenvalue weighted by Crippen LogP contribution is -2.53. The molecule has 0 aromatic heterocycles. The molecule has 0 heterocycles. The second-order valence-electron chi connectivity index (χ2n) is 5.78. The predicted molar refractivity (Wildman–Crippen MR) is 96.9 cm³/mol. The van der Waals surface area contributed by atoms with Crippen molar-refractivity contribution in [3.63, 3.8) is 0 Å². The summed E-state index contributed by atoms with van der Waals surface area (Å²) in [6, 6.07) is 8.76. The Labute approximate surface area is 156 Å². The number of rotatable bonds is 8. The number of nitrogens with zero attached hydrogens (tertiary/aromatic N) is 2. The van der Waals surface area contributed by atoms with Crippen molar-refractivity contribution in [2.75, 3.05) is 20.0 Å². The van der Waals surface area contributed by atoms with E-state index >= 15 is 0 Å². The summed E-state index contributed by atoms with van der Waals surface area (Å²) in [6.07, 6.45) is 6.64. The van der Waals surface area contributed by atoms with Gasteiger partial charge in [-0.2, -0.15) is 9.98 Å². The molecule has 0 aliphatic heterocycles. The molecule has 0 saturated carbocycles. The van der Waals surface area contributed by atoms with E-state index in [9.17, 15) is 18.0 Å². The molecule has 0 N–H and O–H groups in total. The number of ether oxygens (including phenoxy) is 2. The first kappa shape index (κ1) is 20.6. The highest BCUT2D eigenvalue weighted by atomic mass is 32.2. The maximum absolute atomic E-state index is 12.5. The quantitative estimate of drug-likeness (QED) is 0.377. The van der Waals surface area contributed by atoms with Crippen LogP contribution in [0, 0.1) is 0 Å². The van der Waals surface area contributed by atoms with Crippen molar-refractivity contribution in [2.45, 2.75) is 17.2 Å². The van der Waals surface area contributed by atoms with Crippen molar-refractivity contribution in [1.82, 2.24) is 0 Å². The largest absolute Gasteiger partial charge is 0.346 e. The molecule has 1 aromatic rings. The van der Waals surface area contributed by atoms with Crippen LogP contribution in [-0.4, -0.2) is 52.0 Å². The maximum atomic E-state index is 12.5. The van der Waals surface area contributed by atoms with Crippen molar-refractivity contribution in [3.05, 3.63) is 59.7 Å². The molecule has 1 aromatic carbocycles. The van der Waals surface area contributed by atoms with E-state index in [1.165, 1.54) is 44.6 Å². The molecule has 0 bridgehead atoms. The van der Waals surface area contributed by atoms with E-state index in [4.69, 9.17) is 9.47 Å². The van der Waals surface area contributed by atoms with Crippen LogP contribution in [0.25, 0.3) is 0 Å². The first-order chi connectivity index (χ1) is 12.9. The molecule has 27 heavy (non-hydrogen) atoms. The van der Waals surface area contributed by atoms with Crippen LogP contribution in [0.1, 0.15) is 5.56 Å². The zero-order valence-corrected chi connectivity index (χ0v) is 15.6. The van der Waals surface area contributed by atoms with Crippen molar-refractivity contribution in [2.24, 2.45) is 9.98 Å². The molecule has 2 rings (SSSR count). The minimum absolute atomic E-state index is 0.143. The molecular formula is C18H18N2O6S. The molecule has 1 aliphatic carbocycles. The third-order valence-corrected chi connectivity index (χ3v) is 5.62. The van der Waals surface area contributed by atoms with Gasteiger partial charge in [-0.3, -0.25) is 0 Å². The summed E-state index contributed by atoms with van der Waals surface area (Å²) in [4.78, 5) is 28.8. The van der Waals surface area contributed by atoms with Gasteiger partial charge in [0.05, 0.1) is 11.5 Å². The van der Waals surface area contributed by atoms with Crippen LogP contribution in [0.3, 0.4) is 0 Å². The lowest BCUT2D eigenvalue weighted by Gasteiger charge is -2.39. The summed E-state index contributed by atoms with van der Waals surface area (Å²) in [5, 5.41) is 0. The molecule has 0 atom stereocenters. The fourth-order valence-corrected chi connectivity index (χ4v) is 4.35. The summed E-state index contributed by atoms with van der Waals surface area (Å²) in [5.41, 5.74) is -0.882. The Hall–Kier alpha value is -2.67. The van der Waals surface area contributed by atoms with E-state index in [-0.39, 0.29) is 11.5 Å². The van der Waals surface area contributed by atoms with Crippen molar-refractivity contribution >= 4 is 22.0 Å². The Morgan fingerprint density at radius 1 is 1.00 bits per heavy atom. The first-order valence-electron chi connectivity index (χ1n) is 7.79. The summed E-state index contributed by atoms with van der Waals surface area (Å²) in [6.45, 7) is 0. The van der Waals surface area contributed by atoms with Crippen LogP contribution < -0.4 is 0 Å². The van der Waals surface area contributed by atoms with E-state index in [2.05, 4.69) is 9.98 Å². The van der Waals surface area contributed by atoms with Crippen molar-refractivity contribution in [3.8, 4) is 0 Å². The smallest absolute Gasteiger partial charge is 0.250 e. The van der Waals surface area contributed by atoms with E-state index in [0.29, 0.717) is 11.1 Å². The van der Waals surface area contributed by atoms with Crippen molar-refractivity contribution in [1.29, 1.82) is 0 Å². The van der Waals surface area contributed by atoms with Crippen LogP contribution in [-0.2, 0) is 34.7 Å². The van der Waals surface area contributed by atoms with Gasteiger partial charge < -0.3 is 9.47 Å². The topological polar surface area (TPSA) is 111 Å². The first-order valence-corrected chi connectivity index (χ1v) is 9.62. The summed E-state index contributed by atoms with van der Waals surface area (Å²) < 4.78 is 35.7. The molecule has 0 spiro atoms. The molecule has 8 nitrogen and oxygen atoms in total. The number of aliphatic imine (C=N–C) groups is 2. The van der Waals surface area contributed by atoms with Gasteiger partial charge in [-0.15, -0.1) is 0 Å². The van der Waals surface area contributed by atoms with Crippen LogP contribution in [0.5, 0.6) is 0 Å². The number of isocyanates is 2. The van der Waals surface area contributed by atoms with Gasteiger partial charge in [0.1, 0.15) is 0 Å². The third-order valence-electron chi connectivity index (χ3n) is 4.07. The van der Waals surface area contributed by atoms with E-state index in [1.54, 1.807) is 30.3 Å². The average Bonchev–Trinajstić information content (AvgIpc) is 2.64. The fraction of sp³-hybridized carbons (Fsp3) is 0.333. The Morgan fingerprint density at radius 3 is 2.11 bits per heavy atom. The van der Waals surface area contributed by atoms with Crippen LogP contribution in [0.15, 0.2) is 64.1 Å². The summed E-state index contributed by atoms with van der Waals surface area (Å²) in [7, 11) is -1.00. The van der Waals surface area contributed by atoms with Crippen LogP contribution in [0.2, 0.25) is 0 Å². The highest BCUT2D eigenvalue weighted by molar-refractivity contribution is 7.90. The number of carbonyl (C=O) groups excluding carboxylic acids is 2. The number of hydrogen-bond acceptors (Lipinski definition) is 8. The lowest BCUT2D eigenvalue weighted by molar-refractivity contribution is -0.200. The minimum Gasteiger partial charge on any atom is -0.346 e. The van der Waals surface area contributed by atoms with E-state index < -0.39 is 21.3 Å². The number of allylic oxidation sites excluding steroid dienone is 1.